The largest absolute Gasteiger partial charge is 4.00 e. The molecule has 0 aromatic rings. The smallest absolute Gasteiger partial charge is 1.00 e. The molecule has 0 unspecified atom stereocenters. The standard InChI is InChI=1S/C6H12O2.C5H10O2.2ClH.2H3N.Pt/c1-2-3-4-5-6(7)8;1-5(2,3)4(6)7;;;;;/h2-5H2,1H3,(H,7,8);1-3H3,(H,6,7);2*1H;2*1H3;/q;;;;;;+4/p-4. The van der Waals surface area contributed by atoms with E-state index in [1.54, 1.807) is 20.8 Å². The van der Waals surface area contributed by atoms with Crippen LogP contribution in [0.3, 0.4) is 0 Å². The van der Waals surface area contributed by atoms with Crippen LogP contribution in [0.15, 0.2) is 0 Å². The molecule has 0 radical (unpaired) electrons. The van der Waals surface area contributed by atoms with Crippen molar-refractivity contribution in [3.05, 3.63) is 0 Å². The minimum atomic E-state index is -1.01. The number of rotatable bonds is 4. The molecule has 0 atom stereocenters. The van der Waals surface area contributed by atoms with Gasteiger partial charge in [0.2, 0.25) is 0 Å². The number of carboxylic acid groups (broad SMARTS) is 2. The SMILES string of the molecule is CC(C)(C)C(=O)[O-].CCCCCC(=O)[O-].N.N.[Cl-].[Cl-].[Pt+4]. The normalized spacial score (nSPS) is 7.60. The first-order valence-corrected chi connectivity index (χ1v) is 5.13. The van der Waals surface area contributed by atoms with E-state index in [4.69, 9.17) is 0 Å². The monoisotopic (exact) mass is 515 g/mol. The molecule has 0 aromatic heterocycles. The van der Waals surface area contributed by atoms with Crippen LogP contribution in [-0.4, -0.2) is 11.9 Å². The van der Waals surface area contributed by atoms with Crippen molar-refractivity contribution in [3.63, 3.8) is 0 Å². The number of hydrogen-bond donors (Lipinski definition) is 2. The van der Waals surface area contributed by atoms with E-state index in [9.17, 15) is 19.8 Å². The van der Waals surface area contributed by atoms with Crippen LogP contribution in [-0.2, 0) is 30.7 Å². The molecule has 0 saturated heterocycles. The fourth-order valence-corrected chi connectivity index (χ4v) is 0.519. The van der Waals surface area contributed by atoms with E-state index >= 15 is 0 Å². The Kier molecular flexibility index (Phi) is 51.6. The van der Waals surface area contributed by atoms with E-state index in [1.165, 1.54) is 0 Å². The van der Waals surface area contributed by atoms with E-state index in [0.29, 0.717) is 0 Å². The molecule has 0 aromatic carbocycles. The number of hydrogen-bond acceptors (Lipinski definition) is 6. The molecule has 6 nitrogen and oxygen atoms in total. The average molecular weight is 516 g/mol. The molecule has 0 amide bonds. The average Bonchev–Trinajstić information content (AvgIpc) is 2.03. The second kappa shape index (κ2) is 24.2. The maximum atomic E-state index is 9.91. The van der Waals surface area contributed by atoms with Gasteiger partial charge in [0.25, 0.3) is 0 Å². The van der Waals surface area contributed by atoms with Gasteiger partial charge in [-0.15, -0.1) is 0 Å². The van der Waals surface area contributed by atoms with E-state index < -0.39 is 17.4 Å². The molecule has 0 fully saturated rings. The van der Waals surface area contributed by atoms with Crippen molar-refractivity contribution < 1.29 is 65.7 Å². The Morgan fingerprint density at radius 1 is 0.950 bits per heavy atom. The van der Waals surface area contributed by atoms with Crippen molar-refractivity contribution in [2.45, 2.75) is 53.4 Å². The van der Waals surface area contributed by atoms with E-state index in [0.717, 1.165) is 19.3 Å². The Hall–Kier alpha value is 0.128. The molecule has 6 N–H and O–H groups in total. The Morgan fingerprint density at radius 2 is 1.25 bits per heavy atom. The first-order chi connectivity index (χ1) is 6.71. The summed E-state index contributed by atoms with van der Waals surface area (Å²) in [6, 6.07) is 0. The number of halogens is 2. The molecule has 0 heterocycles. The summed E-state index contributed by atoms with van der Waals surface area (Å²) in [6.07, 6.45) is 3.04. The van der Waals surface area contributed by atoms with Gasteiger partial charge in [0.1, 0.15) is 0 Å². The number of carboxylic acids is 2. The Bertz CT molecular complexity index is 215. The molecular weight excluding hydrogens is 490 g/mol. The summed E-state index contributed by atoms with van der Waals surface area (Å²) < 4.78 is 0. The van der Waals surface area contributed by atoms with E-state index in [1.807, 2.05) is 6.92 Å². The molecule has 0 aliphatic heterocycles. The predicted octanol–water partition coefficient (Wildman–Crippen LogP) is -5.57. The van der Waals surface area contributed by atoms with Gasteiger partial charge in [0.05, 0.1) is 0 Å². The number of unbranched alkanes of at least 4 members (excludes halogenated alkanes) is 2. The maximum absolute atomic E-state index is 9.91. The Labute approximate surface area is 148 Å². The summed E-state index contributed by atoms with van der Waals surface area (Å²) in [5.41, 5.74) is -0.694. The summed E-state index contributed by atoms with van der Waals surface area (Å²) in [5, 5.41) is 19.7. The predicted molar refractivity (Wildman–Crippen MR) is 63.7 cm³/mol. The van der Waals surface area contributed by atoms with Gasteiger partial charge >= 0.3 is 21.1 Å². The van der Waals surface area contributed by atoms with Crippen molar-refractivity contribution >= 4 is 11.9 Å². The quantitative estimate of drug-likeness (QED) is 0.356. The third-order valence-electron chi connectivity index (χ3n) is 1.60. The molecule has 0 bridgehead atoms. The van der Waals surface area contributed by atoms with Crippen LogP contribution in [0.5, 0.6) is 0 Å². The second-order valence-corrected chi connectivity index (χ2v) is 4.37. The third kappa shape index (κ3) is 42.9. The van der Waals surface area contributed by atoms with Crippen molar-refractivity contribution in [1.29, 1.82) is 0 Å². The Morgan fingerprint density at radius 3 is 1.40 bits per heavy atom. The molecule has 0 saturated carbocycles. The van der Waals surface area contributed by atoms with Gasteiger partial charge in [-0.25, -0.2) is 0 Å². The van der Waals surface area contributed by atoms with Gasteiger partial charge < -0.3 is 56.9 Å². The minimum Gasteiger partial charge on any atom is -1.00 e. The fourth-order valence-electron chi connectivity index (χ4n) is 0.519. The zero-order valence-corrected chi connectivity index (χ0v) is 16.2. The molecule has 9 heteroatoms. The van der Waals surface area contributed by atoms with Gasteiger partial charge in [-0.1, -0.05) is 40.5 Å². The molecule has 20 heavy (non-hydrogen) atoms. The zero-order valence-electron chi connectivity index (χ0n) is 12.4. The van der Waals surface area contributed by atoms with Crippen LogP contribution in [0.4, 0.5) is 0 Å². The van der Waals surface area contributed by atoms with Gasteiger partial charge in [-0.2, -0.15) is 0 Å². The van der Waals surface area contributed by atoms with Gasteiger partial charge in [-0.3, -0.25) is 0 Å². The molecule has 128 valence electrons. The molecular formula is C11H26Cl2N2O4Pt. The van der Waals surface area contributed by atoms with Crippen LogP contribution < -0.4 is 47.3 Å². The number of carbonyl (C=O) groups is 2. The van der Waals surface area contributed by atoms with E-state index in [-0.39, 0.29) is 64.6 Å². The molecule has 0 aliphatic carbocycles. The topological polar surface area (TPSA) is 150 Å². The summed E-state index contributed by atoms with van der Waals surface area (Å²) in [7, 11) is 0. The van der Waals surface area contributed by atoms with Crippen LogP contribution in [0.2, 0.25) is 0 Å². The van der Waals surface area contributed by atoms with Crippen LogP contribution in [0.1, 0.15) is 53.4 Å². The third-order valence-corrected chi connectivity index (χ3v) is 1.60. The summed E-state index contributed by atoms with van der Waals surface area (Å²) >= 11 is 0. The molecule has 0 aliphatic rings. The molecule has 0 spiro atoms. The second-order valence-electron chi connectivity index (χ2n) is 4.37. The fraction of sp³-hybridized carbons (Fsp3) is 0.818. The Balaban J connectivity index is -0.0000000272. The van der Waals surface area contributed by atoms with Crippen LogP contribution >= 0.6 is 0 Å². The van der Waals surface area contributed by atoms with Gasteiger partial charge in [0.15, 0.2) is 0 Å². The number of aliphatic carboxylic acids is 2. The first-order valence-electron chi connectivity index (χ1n) is 5.13. The van der Waals surface area contributed by atoms with Crippen LogP contribution in [0, 0.1) is 5.41 Å². The molecule has 0 rings (SSSR count). The van der Waals surface area contributed by atoms with Crippen molar-refractivity contribution in [2.24, 2.45) is 5.41 Å². The summed E-state index contributed by atoms with van der Waals surface area (Å²) in [6.45, 7) is 6.84. The van der Waals surface area contributed by atoms with Crippen LogP contribution in [0.25, 0.3) is 0 Å². The van der Waals surface area contributed by atoms with Crippen molar-refractivity contribution in [1.82, 2.24) is 12.3 Å². The zero-order chi connectivity index (χ0) is 12.5. The summed E-state index contributed by atoms with van der Waals surface area (Å²) in [4.78, 5) is 19.7. The van der Waals surface area contributed by atoms with Gasteiger partial charge in [-0.05, 0) is 12.8 Å². The maximum Gasteiger partial charge on any atom is 4.00 e. The summed E-state index contributed by atoms with van der Waals surface area (Å²) in [5.74, 6) is -1.94. The van der Waals surface area contributed by atoms with Crippen molar-refractivity contribution in [2.75, 3.05) is 0 Å². The first kappa shape index (κ1) is 42.7. The minimum absolute atomic E-state index is 0. The van der Waals surface area contributed by atoms with Gasteiger partial charge in [0, 0.05) is 17.4 Å². The van der Waals surface area contributed by atoms with E-state index in [2.05, 4.69) is 0 Å². The van der Waals surface area contributed by atoms with Crippen molar-refractivity contribution in [3.8, 4) is 0 Å². The number of carbonyl (C=O) groups excluding carboxylic acids is 2.